The number of hydrogen-bond acceptors (Lipinski definition) is 5. The summed E-state index contributed by atoms with van der Waals surface area (Å²) in [6.07, 6.45) is 9.45. The molecule has 0 saturated carbocycles. The van der Waals surface area contributed by atoms with Crippen molar-refractivity contribution in [2.45, 2.75) is 12.8 Å². The standard InChI is InChI=1S/C19H18N4O/c1-2-5-15(6-3-1)9-16-7-4-8-23(13-16)18-10-17(11-20-12-18)19-21-14-22-24-19/h1-3,5-7,10-12,14H,4,8-9,13H2. The summed E-state index contributed by atoms with van der Waals surface area (Å²) in [5, 5.41) is 3.66. The Labute approximate surface area is 140 Å². The van der Waals surface area contributed by atoms with Crippen molar-refractivity contribution in [3.8, 4) is 11.5 Å². The van der Waals surface area contributed by atoms with Crippen LogP contribution in [0.2, 0.25) is 0 Å². The van der Waals surface area contributed by atoms with Crippen molar-refractivity contribution in [1.82, 2.24) is 15.1 Å². The lowest BCUT2D eigenvalue weighted by Gasteiger charge is -2.29. The highest BCUT2D eigenvalue weighted by Crippen LogP contribution is 2.25. The Morgan fingerprint density at radius 3 is 2.88 bits per heavy atom. The van der Waals surface area contributed by atoms with Gasteiger partial charge in [-0.1, -0.05) is 47.1 Å². The third kappa shape index (κ3) is 3.20. The fraction of sp³-hybridized carbons (Fsp3) is 0.211. The van der Waals surface area contributed by atoms with Gasteiger partial charge in [-0.25, -0.2) is 0 Å². The smallest absolute Gasteiger partial charge is 0.259 e. The maximum Gasteiger partial charge on any atom is 0.259 e. The highest BCUT2D eigenvalue weighted by molar-refractivity contribution is 5.60. The maximum absolute atomic E-state index is 5.13. The first-order chi connectivity index (χ1) is 11.9. The predicted octanol–water partition coefficient (Wildman–Crippen LogP) is 3.51. The van der Waals surface area contributed by atoms with Crippen LogP contribution in [-0.2, 0) is 6.42 Å². The van der Waals surface area contributed by atoms with E-state index in [9.17, 15) is 0 Å². The Morgan fingerprint density at radius 1 is 1.12 bits per heavy atom. The largest absolute Gasteiger partial charge is 0.366 e. The zero-order chi connectivity index (χ0) is 16.2. The van der Waals surface area contributed by atoms with Crippen molar-refractivity contribution in [2.24, 2.45) is 0 Å². The van der Waals surface area contributed by atoms with E-state index in [2.05, 4.69) is 62.5 Å². The molecule has 0 amide bonds. The first kappa shape index (κ1) is 14.6. The molecule has 3 heterocycles. The fourth-order valence-electron chi connectivity index (χ4n) is 3.04. The molecule has 1 aromatic carbocycles. The van der Waals surface area contributed by atoms with Crippen molar-refractivity contribution in [1.29, 1.82) is 0 Å². The summed E-state index contributed by atoms with van der Waals surface area (Å²) in [5.41, 5.74) is 4.73. The van der Waals surface area contributed by atoms with E-state index in [1.807, 2.05) is 6.20 Å². The lowest BCUT2D eigenvalue weighted by atomic mass is 10.0. The van der Waals surface area contributed by atoms with E-state index >= 15 is 0 Å². The molecule has 0 bridgehead atoms. The minimum Gasteiger partial charge on any atom is -0.366 e. The van der Waals surface area contributed by atoms with E-state index in [0.29, 0.717) is 5.89 Å². The van der Waals surface area contributed by atoms with E-state index in [0.717, 1.165) is 37.2 Å². The van der Waals surface area contributed by atoms with Crippen LogP contribution in [0.5, 0.6) is 0 Å². The monoisotopic (exact) mass is 318 g/mol. The zero-order valence-corrected chi connectivity index (χ0v) is 13.3. The van der Waals surface area contributed by atoms with Gasteiger partial charge in [-0.15, -0.1) is 0 Å². The van der Waals surface area contributed by atoms with Gasteiger partial charge in [0.25, 0.3) is 5.89 Å². The number of hydrogen-bond donors (Lipinski definition) is 0. The third-order valence-corrected chi connectivity index (χ3v) is 4.20. The van der Waals surface area contributed by atoms with Crippen LogP contribution < -0.4 is 4.90 Å². The molecule has 0 saturated heterocycles. The number of benzene rings is 1. The van der Waals surface area contributed by atoms with E-state index in [1.54, 1.807) is 6.20 Å². The van der Waals surface area contributed by atoms with Gasteiger partial charge in [0.2, 0.25) is 0 Å². The van der Waals surface area contributed by atoms with Gasteiger partial charge in [-0.3, -0.25) is 4.98 Å². The minimum absolute atomic E-state index is 0.501. The van der Waals surface area contributed by atoms with Crippen LogP contribution in [0.1, 0.15) is 12.0 Å². The SMILES string of the molecule is C1=C(Cc2ccccc2)CN(c2cncc(-c3ncno3)c2)CC1. The molecule has 0 atom stereocenters. The Morgan fingerprint density at radius 2 is 2.04 bits per heavy atom. The van der Waals surface area contributed by atoms with E-state index in [1.165, 1.54) is 17.5 Å². The van der Waals surface area contributed by atoms with E-state index in [4.69, 9.17) is 4.52 Å². The van der Waals surface area contributed by atoms with Crippen molar-refractivity contribution >= 4 is 5.69 Å². The average Bonchev–Trinajstić information content (AvgIpc) is 3.18. The first-order valence-electron chi connectivity index (χ1n) is 8.07. The molecule has 1 aliphatic heterocycles. The van der Waals surface area contributed by atoms with Crippen molar-refractivity contribution < 1.29 is 4.52 Å². The summed E-state index contributed by atoms with van der Waals surface area (Å²) in [5.74, 6) is 0.501. The summed E-state index contributed by atoms with van der Waals surface area (Å²) in [6.45, 7) is 1.91. The molecule has 24 heavy (non-hydrogen) atoms. The third-order valence-electron chi connectivity index (χ3n) is 4.20. The molecule has 120 valence electrons. The van der Waals surface area contributed by atoms with Crippen LogP contribution in [-0.4, -0.2) is 28.2 Å². The molecule has 0 unspecified atom stereocenters. The number of pyridine rings is 1. The highest BCUT2D eigenvalue weighted by atomic mass is 16.5. The molecule has 0 radical (unpaired) electrons. The Balaban J connectivity index is 1.51. The van der Waals surface area contributed by atoms with Crippen molar-refractivity contribution in [3.63, 3.8) is 0 Å². The molecule has 0 spiro atoms. The predicted molar refractivity (Wildman–Crippen MR) is 92.6 cm³/mol. The van der Waals surface area contributed by atoms with Gasteiger partial charge >= 0.3 is 0 Å². The van der Waals surface area contributed by atoms with E-state index < -0.39 is 0 Å². The van der Waals surface area contributed by atoms with Gasteiger partial charge in [-0.05, 0) is 24.5 Å². The molecule has 2 aromatic heterocycles. The molecule has 4 rings (SSSR count). The molecule has 1 aliphatic rings. The molecular weight excluding hydrogens is 300 g/mol. The first-order valence-corrected chi connectivity index (χ1v) is 8.07. The van der Waals surface area contributed by atoms with Gasteiger partial charge in [0.15, 0.2) is 6.33 Å². The molecular formula is C19H18N4O. The van der Waals surface area contributed by atoms with Gasteiger partial charge in [0, 0.05) is 19.3 Å². The van der Waals surface area contributed by atoms with Crippen molar-refractivity contribution in [2.75, 3.05) is 18.0 Å². The zero-order valence-electron chi connectivity index (χ0n) is 13.3. The second kappa shape index (κ2) is 6.66. The summed E-state index contributed by atoms with van der Waals surface area (Å²) in [7, 11) is 0. The Kier molecular flexibility index (Phi) is 4.06. The number of aromatic nitrogens is 3. The molecule has 3 aromatic rings. The van der Waals surface area contributed by atoms with Crippen LogP contribution in [0.3, 0.4) is 0 Å². The van der Waals surface area contributed by atoms with Crippen LogP contribution >= 0.6 is 0 Å². The topological polar surface area (TPSA) is 55.1 Å². The van der Waals surface area contributed by atoms with Gasteiger partial charge in [0.05, 0.1) is 17.4 Å². The average molecular weight is 318 g/mol. The summed E-state index contributed by atoms with van der Waals surface area (Å²) < 4.78 is 5.13. The van der Waals surface area contributed by atoms with Crippen molar-refractivity contribution in [3.05, 3.63) is 72.3 Å². The van der Waals surface area contributed by atoms with Crippen LogP contribution in [0.25, 0.3) is 11.5 Å². The second-order valence-electron chi connectivity index (χ2n) is 5.91. The summed E-state index contributed by atoms with van der Waals surface area (Å²) >= 11 is 0. The van der Waals surface area contributed by atoms with Gasteiger partial charge in [-0.2, -0.15) is 4.98 Å². The maximum atomic E-state index is 5.13. The van der Waals surface area contributed by atoms with Gasteiger partial charge in [0.1, 0.15) is 0 Å². The molecule has 5 heteroatoms. The lowest BCUT2D eigenvalue weighted by Crippen LogP contribution is -2.30. The fourth-order valence-corrected chi connectivity index (χ4v) is 3.04. The molecule has 5 nitrogen and oxygen atoms in total. The summed E-state index contributed by atoms with van der Waals surface area (Å²) in [6, 6.07) is 12.7. The second-order valence-corrected chi connectivity index (χ2v) is 5.91. The number of nitrogens with zero attached hydrogens (tertiary/aromatic N) is 4. The normalized spacial score (nSPS) is 14.5. The van der Waals surface area contributed by atoms with E-state index in [-0.39, 0.29) is 0 Å². The molecule has 0 N–H and O–H groups in total. The quantitative estimate of drug-likeness (QED) is 0.689. The minimum atomic E-state index is 0.501. The molecule has 0 fully saturated rings. The summed E-state index contributed by atoms with van der Waals surface area (Å²) in [4.78, 5) is 10.8. The Bertz CT molecular complexity index is 828. The van der Waals surface area contributed by atoms with Crippen LogP contribution in [0.15, 0.2) is 71.3 Å². The highest BCUT2D eigenvalue weighted by Gasteiger charge is 2.15. The Hall–Kier alpha value is -2.95. The molecule has 0 aliphatic carbocycles. The van der Waals surface area contributed by atoms with Gasteiger partial charge < -0.3 is 9.42 Å². The number of anilines is 1. The van der Waals surface area contributed by atoms with Crippen LogP contribution in [0.4, 0.5) is 5.69 Å². The lowest BCUT2D eigenvalue weighted by molar-refractivity contribution is 0.430. The number of rotatable bonds is 4. The van der Waals surface area contributed by atoms with Crippen LogP contribution in [0, 0.1) is 0 Å².